The topological polar surface area (TPSA) is 67.2 Å². The Morgan fingerprint density at radius 1 is 1.50 bits per heavy atom. The number of aryl methyl sites for hydroxylation is 2. The van der Waals surface area contributed by atoms with Gasteiger partial charge in [0.15, 0.2) is 0 Å². The number of nitrogens with one attached hydrogen (secondary N) is 1. The zero-order valence-corrected chi connectivity index (χ0v) is 12.4. The van der Waals surface area contributed by atoms with E-state index in [-0.39, 0.29) is 17.9 Å². The van der Waals surface area contributed by atoms with Gasteiger partial charge >= 0.3 is 0 Å². The number of aliphatic hydroxyl groups excluding tert-OH is 1. The van der Waals surface area contributed by atoms with Gasteiger partial charge in [-0.25, -0.2) is 0 Å². The molecule has 1 aromatic heterocycles. The number of rotatable bonds is 4. The molecule has 110 valence electrons. The SMILES string of the molecule is Cc1nn(C)c(C)c1C=CC(=O)NCC1CCCC1O. The number of hydrogen-bond acceptors (Lipinski definition) is 3. The van der Waals surface area contributed by atoms with E-state index in [1.807, 2.05) is 25.6 Å². The lowest BCUT2D eigenvalue weighted by Crippen LogP contribution is -2.31. The molecule has 1 fully saturated rings. The first-order chi connectivity index (χ1) is 9.49. The zero-order valence-electron chi connectivity index (χ0n) is 12.4. The van der Waals surface area contributed by atoms with Crippen LogP contribution in [0.1, 0.15) is 36.2 Å². The van der Waals surface area contributed by atoms with Crippen LogP contribution in [-0.2, 0) is 11.8 Å². The lowest BCUT2D eigenvalue weighted by atomic mass is 10.1. The Morgan fingerprint density at radius 2 is 2.25 bits per heavy atom. The summed E-state index contributed by atoms with van der Waals surface area (Å²) in [5.74, 6) is 0.0842. The molecule has 0 aliphatic heterocycles. The number of aliphatic hydroxyl groups is 1. The molecular weight excluding hydrogens is 254 g/mol. The minimum atomic E-state index is -0.262. The summed E-state index contributed by atoms with van der Waals surface area (Å²) in [5.41, 5.74) is 2.95. The summed E-state index contributed by atoms with van der Waals surface area (Å²) in [5, 5.41) is 16.9. The molecule has 0 bridgehead atoms. The van der Waals surface area contributed by atoms with Crippen molar-refractivity contribution < 1.29 is 9.90 Å². The Bertz CT molecular complexity index is 519. The molecule has 1 heterocycles. The standard InChI is InChI=1S/C15H23N3O2/c1-10-13(11(2)18(3)17-10)7-8-15(20)16-9-12-5-4-6-14(12)19/h7-8,12,14,19H,4-6,9H2,1-3H3,(H,16,20). The van der Waals surface area contributed by atoms with Crippen LogP contribution in [-0.4, -0.2) is 33.4 Å². The smallest absolute Gasteiger partial charge is 0.244 e. The van der Waals surface area contributed by atoms with Crippen molar-refractivity contribution in [1.82, 2.24) is 15.1 Å². The van der Waals surface area contributed by atoms with E-state index in [2.05, 4.69) is 10.4 Å². The number of carbonyl (C=O) groups excluding carboxylic acids is 1. The molecule has 5 heteroatoms. The summed E-state index contributed by atoms with van der Waals surface area (Å²) in [6.07, 6.45) is 5.97. The van der Waals surface area contributed by atoms with Crippen LogP contribution in [0.15, 0.2) is 6.08 Å². The van der Waals surface area contributed by atoms with Crippen LogP contribution >= 0.6 is 0 Å². The fourth-order valence-electron chi connectivity index (χ4n) is 2.74. The molecule has 1 saturated carbocycles. The molecule has 1 aliphatic carbocycles. The van der Waals surface area contributed by atoms with Gasteiger partial charge in [-0.15, -0.1) is 0 Å². The van der Waals surface area contributed by atoms with Crippen molar-refractivity contribution in [3.05, 3.63) is 23.0 Å². The van der Waals surface area contributed by atoms with E-state index in [9.17, 15) is 9.90 Å². The summed E-state index contributed by atoms with van der Waals surface area (Å²) in [4.78, 5) is 11.8. The third-order valence-corrected chi connectivity index (χ3v) is 4.12. The fourth-order valence-corrected chi connectivity index (χ4v) is 2.74. The Balaban J connectivity index is 1.89. The van der Waals surface area contributed by atoms with Gasteiger partial charge in [-0.1, -0.05) is 6.42 Å². The predicted molar refractivity (Wildman–Crippen MR) is 78.1 cm³/mol. The zero-order chi connectivity index (χ0) is 14.7. The maximum absolute atomic E-state index is 11.8. The molecule has 2 unspecified atom stereocenters. The molecular formula is C15H23N3O2. The van der Waals surface area contributed by atoms with Crippen molar-refractivity contribution in [3.8, 4) is 0 Å². The maximum atomic E-state index is 11.8. The molecule has 1 aromatic rings. The highest BCUT2D eigenvalue weighted by Gasteiger charge is 2.24. The Labute approximate surface area is 119 Å². The quantitative estimate of drug-likeness (QED) is 0.816. The highest BCUT2D eigenvalue weighted by atomic mass is 16.3. The molecule has 2 atom stereocenters. The van der Waals surface area contributed by atoms with Gasteiger partial charge in [0.1, 0.15) is 0 Å². The third-order valence-electron chi connectivity index (χ3n) is 4.12. The van der Waals surface area contributed by atoms with Crippen molar-refractivity contribution in [2.24, 2.45) is 13.0 Å². The molecule has 0 radical (unpaired) electrons. The fraction of sp³-hybridized carbons (Fsp3) is 0.600. The van der Waals surface area contributed by atoms with E-state index >= 15 is 0 Å². The van der Waals surface area contributed by atoms with Gasteiger partial charge in [0.05, 0.1) is 11.8 Å². The predicted octanol–water partition coefficient (Wildman–Crippen LogP) is 1.33. The molecule has 0 spiro atoms. The van der Waals surface area contributed by atoms with Crippen molar-refractivity contribution in [3.63, 3.8) is 0 Å². The summed E-state index contributed by atoms with van der Waals surface area (Å²) in [6.45, 7) is 4.46. The van der Waals surface area contributed by atoms with Crippen molar-refractivity contribution >= 4 is 12.0 Å². The molecule has 1 aliphatic rings. The van der Waals surface area contributed by atoms with E-state index in [4.69, 9.17) is 0 Å². The van der Waals surface area contributed by atoms with Crippen LogP contribution in [0.3, 0.4) is 0 Å². The van der Waals surface area contributed by atoms with Gasteiger partial charge in [0, 0.05) is 36.8 Å². The summed E-state index contributed by atoms with van der Waals surface area (Å²) < 4.78 is 1.81. The second-order valence-electron chi connectivity index (χ2n) is 5.54. The number of aromatic nitrogens is 2. The number of amides is 1. The van der Waals surface area contributed by atoms with Gasteiger partial charge in [0.2, 0.25) is 5.91 Å². The van der Waals surface area contributed by atoms with Crippen LogP contribution in [0, 0.1) is 19.8 Å². The van der Waals surface area contributed by atoms with Crippen LogP contribution in [0.25, 0.3) is 6.08 Å². The Hall–Kier alpha value is -1.62. The van der Waals surface area contributed by atoms with E-state index in [1.54, 1.807) is 12.2 Å². The molecule has 2 N–H and O–H groups in total. The number of hydrogen-bond donors (Lipinski definition) is 2. The normalized spacial score (nSPS) is 22.6. The Morgan fingerprint density at radius 3 is 2.80 bits per heavy atom. The van der Waals surface area contributed by atoms with Crippen molar-refractivity contribution in [2.45, 2.75) is 39.2 Å². The van der Waals surface area contributed by atoms with Crippen LogP contribution < -0.4 is 5.32 Å². The van der Waals surface area contributed by atoms with E-state index in [0.29, 0.717) is 6.54 Å². The lowest BCUT2D eigenvalue weighted by Gasteiger charge is -2.13. The maximum Gasteiger partial charge on any atom is 0.244 e. The van der Waals surface area contributed by atoms with Gasteiger partial charge in [-0.05, 0) is 32.8 Å². The van der Waals surface area contributed by atoms with E-state index in [1.165, 1.54) is 0 Å². The minimum absolute atomic E-state index is 0.119. The number of carbonyl (C=O) groups is 1. The van der Waals surface area contributed by atoms with Crippen LogP contribution in [0.2, 0.25) is 0 Å². The van der Waals surface area contributed by atoms with Crippen LogP contribution in [0.5, 0.6) is 0 Å². The Kier molecular flexibility index (Phi) is 4.60. The first-order valence-corrected chi connectivity index (χ1v) is 7.13. The summed E-state index contributed by atoms with van der Waals surface area (Å²) >= 11 is 0. The minimum Gasteiger partial charge on any atom is -0.393 e. The molecule has 20 heavy (non-hydrogen) atoms. The second kappa shape index (κ2) is 6.22. The van der Waals surface area contributed by atoms with Gasteiger partial charge < -0.3 is 10.4 Å². The van der Waals surface area contributed by atoms with Gasteiger partial charge in [-0.3, -0.25) is 9.48 Å². The lowest BCUT2D eigenvalue weighted by molar-refractivity contribution is -0.116. The second-order valence-corrected chi connectivity index (χ2v) is 5.54. The summed E-state index contributed by atoms with van der Waals surface area (Å²) in [6, 6.07) is 0. The largest absolute Gasteiger partial charge is 0.393 e. The van der Waals surface area contributed by atoms with Gasteiger partial charge in [0.25, 0.3) is 0 Å². The highest BCUT2D eigenvalue weighted by Crippen LogP contribution is 2.24. The average Bonchev–Trinajstić information content (AvgIpc) is 2.91. The first-order valence-electron chi connectivity index (χ1n) is 7.13. The molecule has 2 rings (SSSR count). The van der Waals surface area contributed by atoms with E-state index in [0.717, 1.165) is 36.2 Å². The molecule has 5 nitrogen and oxygen atoms in total. The van der Waals surface area contributed by atoms with Crippen LogP contribution in [0.4, 0.5) is 0 Å². The van der Waals surface area contributed by atoms with Crippen molar-refractivity contribution in [2.75, 3.05) is 6.54 Å². The third kappa shape index (κ3) is 3.28. The van der Waals surface area contributed by atoms with E-state index < -0.39 is 0 Å². The molecule has 1 amide bonds. The number of nitrogens with zero attached hydrogens (tertiary/aromatic N) is 2. The molecule has 0 saturated heterocycles. The van der Waals surface area contributed by atoms with Gasteiger partial charge in [-0.2, -0.15) is 5.10 Å². The van der Waals surface area contributed by atoms with Crippen molar-refractivity contribution in [1.29, 1.82) is 0 Å². The first kappa shape index (κ1) is 14.8. The summed E-state index contributed by atoms with van der Waals surface area (Å²) in [7, 11) is 1.89. The monoisotopic (exact) mass is 277 g/mol. The average molecular weight is 277 g/mol. The highest BCUT2D eigenvalue weighted by molar-refractivity contribution is 5.92. The molecule has 0 aromatic carbocycles.